The average Bonchev–Trinajstić information content (AvgIpc) is 2.15. The molecule has 0 saturated heterocycles. The van der Waals surface area contributed by atoms with Crippen LogP contribution in [0.3, 0.4) is 0 Å². The first-order valence-corrected chi connectivity index (χ1v) is 3.91. The Morgan fingerprint density at radius 3 is 2.40 bits per heavy atom. The first-order chi connectivity index (χ1) is 6.86. The van der Waals surface area contributed by atoms with E-state index in [-0.39, 0.29) is 11.3 Å². The van der Waals surface area contributed by atoms with E-state index in [1.54, 1.807) is 0 Å². The lowest BCUT2D eigenvalue weighted by Gasteiger charge is -2.10. The highest BCUT2D eigenvalue weighted by atomic mass is 19.4. The molecular weight excluding hydrogens is 211 g/mol. The zero-order chi connectivity index (χ0) is 11.6. The summed E-state index contributed by atoms with van der Waals surface area (Å²) in [6.07, 6.45) is -4.50. The molecule has 0 fully saturated rings. The topological polar surface area (TPSA) is 52.3 Å². The molecule has 0 aliphatic rings. The number of carbonyl (C=O) groups is 1. The molecule has 0 unspecified atom stereocenters. The maximum Gasteiger partial charge on any atom is 0.416 e. The van der Waals surface area contributed by atoms with E-state index < -0.39 is 17.6 Å². The predicted octanol–water partition coefficient (Wildman–Crippen LogP) is 1.81. The average molecular weight is 219 g/mol. The van der Waals surface area contributed by atoms with E-state index in [0.717, 1.165) is 12.1 Å². The van der Waals surface area contributed by atoms with Crippen LogP contribution in [0, 0.1) is 0 Å². The predicted molar refractivity (Wildman–Crippen MR) is 46.5 cm³/mol. The van der Waals surface area contributed by atoms with Crippen LogP contribution in [-0.2, 0) is 6.18 Å². The number of amides is 1. The molecule has 0 atom stereocenters. The van der Waals surface area contributed by atoms with E-state index in [2.05, 4.69) is 0 Å². The van der Waals surface area contributed by atoms with Crippen LogP contribution in [0.4, 0.5) is 13.2 Å². The number of rotatable bonds is 2. The third kappa shape index (κ3) is 2.39. The largest absolute Gasteiger partial charge is 0.496 e. The number of hydrogen-bond acceptors (Lipinski definition) is 2. The molecule has 0 bridgehead atoms. The molecule has 0 aliphatic carbocycles. The summed E-state index contributed by atoms with van der Waals surface area (Å²) >= 11 is 0. The van der Waals surface area contributed by atoms with Crippen molar-refractivity contribution in [2.45, 2.75) is 6.18 Å². The van der Waals surface area contributed by atoms with Crippen molar-refractivity contribution < 1.29 is 22.7 Å². The molecule has 2 N–H and O–H groups in total. The van der Waals surface area contributed by atoms with Crippen LogP contribution in [0.1, 0.15) is 15.9 Å². The van der Waals surface area contributed by atoms with Crippen molar-refractivity contribution in [1.29, 1.82) is 0 Å². The summed E-state index contributed by atoms with van der Waals surface area (Å²) in [6, 6.07) is 2.55. The van der Waals surface area contributed by atoms with Crippen molar-refractivity contribution in [3.05, 3.63) is 29.3 Å². The molecule has 0 spiro atoms. The van der Waals surface area contributed by atoms with E-state index in [4.69, 9.17) is 10.5 Å². The van der Waals surface area contributed by atoms with Gasteiger partial charge in [-0.1, -0.05) is 0 Å². The number of halogens is 3. The summed E-state index contributed by atoms with van der Waals surface area (Å²) in [5, 5.41) is 0. The Balaban J connectivity index is 3.28. The third-order valence-corrected chi connectivity index (χ3v) is 1.79. The van der Waals surface area contributed by atoms with Gasteiger partial charge in [-0.15, -0.1) is 0 Å². The lowest BCUT2D eigenvalue weighted by molar-refractivity contribution is -0.137. The number of ether oxygens (including phenoxy) is 1. The van der Waals surface area contributed by atoms with Crippen LogP contribution >= 0.6 is 0 Å². The van der Waals surface area contributed by atoms with Gasteiger partial charge in [-0.3, -0.25) is 4.79 Å². The molecule has 82 valence electrons. The Morgan fingerprint density at radius 1 is 1.40 bits per heavy atom. The van der Waals surface area contributed by atoms with Crippen LogP contribution in [-0.4, -0.2) is 13.0 Å². The normalized spacial score (nSPS) is 11.2. The van der Waals surface area contributed by atoms with Gasteiger partial charge in [0.25, 0.3) is 5.91 Å². The number of primary amides is 1. The van der Waals surface area contributed by atoms with Gasteiger partial charge in [-0.25, -0.2) is 0 Å². The Morgan fingerprint density at radius 2 is 2.00 bits per heavy atom. The van der Waals surface area contributed by atoms with Gasteiger partial charge in [-0.2, -0.15) is 13.2 Å². The van der Waals surface area contributed by atoms with Crippen LogP contribution in [0.5, 0.6) is 5.75 Å². The minimum absolute atomic E-state index is 0.0236. The highest BCUT2D eigenvalue weighted by molar-refractivity contribution is 5.95. The molecule has 1 aromatic rings. The van der Waals surface area contributed by atoms with Gasteiger partial charge in [-0.05, 0) is 18.2 Å². The number of benzene rings is 1. The Labute approximate surface area is 83.6 Å². The van der Waals surface area contributed by atoms with E-state index in [0.29, 0.717) is 6.07 Å². The number of methoxy groups -OCH3 is 1. The van der Waals surface area contributed by atoms with E-state index in [1.165, 1.54) is 7.11 Å². The van der Waals surface area contributed by atoms with E-state index in [1.807, 2.05) is 0 Å². The molecule has 3 nitrogen and oxygen atoms in total. The summed E-state index contributed by atoms with van der Waals surface area (Å²) in [5.41, 5.74) is 3.70. The minimum Gasteiger partial charge on any atom is -0.496 e. The maximum absolute atomic E-state index is 12.3. The summed E-state index contributed by atoms with van der Waals surface area (Å²) in [5.74, 6) is -0.937. The molecule has 0 radical (unpaired) electrons. The summed E-state index contributed by atoms with van der Waals surface area (Å²) in [7, 11) is 1.25. The fraction of sp³-hybridized carbons (Fsp3) is 0.222. The highest BCUT2D eigenvalue weighted by Crippen LogP contribution is 2.32. The first kappa shape index (κ1) is 11.4. The van der Waals surface area contributed by atoms with Crippen molar-refractivity contribution in [1.82, 2.24) is 0 Å². The molecule has 1 amide bonds. The lowest BCUT2D eigenvalue weighted by Crippen LogP contribution is -2.14. The molecule has 1 rings (SSSR count). The number of hydrogen-bond donors (Lipinski definition) is 1. The molecule has 6 heteroatoms. The Bertz CT molecular complexity index is 387. The van der Waals surface area contributed by atoms with Crippen molar-refractivity contribution in [2.75, 3.05) is 7.11 Å². The summed E-state index contributed by atoms with van der Waals surface area (Å²) in [6.45, 7) is 0. The van der Waals surface area contributed by atoms with Crippen LogP contribution in [0.25, 0.3) is 0 Å². The number of carbonyl (C=O) groups excluding carboxylic acids is 1. The van der Waals surface area contributed by atoms with Crippen molar-refractivity contribution in [2.24, 2.45) is 5.73 Å². The lowest BCUT2D eigenvalue weighted by atomic mass is 10.1. The molecule has 15 heavy (non-hydrogen) atoms. The second-order valence-corrected chi connectivity index (χ2v) is 2.78. The quantitative estimate of drug-likeness (QED) is 0.824. The van der Waals surface area contributed by atoms with Gasteiger partial charge in [0.1, 0.15) is 5.75 Å². The van der Waals surface area contributed by atoms with Crippen LogP contribution < -0.4 is 10.5 Å². The zero-order valence-electron chi connectivity index (χ0n) is 7.76. The van der Waals surface area contributed by atoms with E-state index in [9.17, 15) is 18.0 Å². The standard InChI is InChI=1S/C9H8F3NO2/c1-15-7-3-2-5(9(10,11)12)4-6(7)8(13)14/h2-4H,1H3,(H2,13,14). The second kappa shape index (κ2) is 3.80. The first-order valence-electron chi connectivity index (χ1n) is 3.91. The number of alkyl halides is 3. The molecule has 0 saturated carbocycles. The summed E-state index contributed by atoms with van der Waals surface area (Å²) < 4.78 is 41.5. The monoisotopic (exact) mass is 219 g/mol. The van der Waals surface area contributed by atoms with E-state index >= 15 is 0 Å². The highest BCUT2D eigenvalue weighted by Gasteiger charge is 2.31. The van der Waals surface area contributed by atoms with Crippen molar-refractivity contribution in [3.8, 4) is 5.75 Å². The molecule has 0 heterocycles. The van der Waals surface area contributed by atoms with Gasteiger partial charge >= 0.3 is 6.18 Å². The molecule has 0 aliphatic heterocycles. The van der Waals surface area contributed by atoms with Gasteiger partial charge in [0.15, 0.2) is 0 Å². The second-order valence-electron chi connectivity index (χ2n) is 2.78. The SMILES string of the molecule is COc1ccc(C(F)(F)F)cc1C(N)=O. The van der Waals surface area contributed by atoms with Gasteiger partial charge in [0.2, 0.25) is 0 Å². The number of nitrogens with two attached hydrogens (primary N) is 1. The summed E-state index contributed by atoms with van der Waals surface area (Å²) in [4.78, 5) is 10.8. The Kier molecular flexibility index (Phi) is 2.88. The Hall–Kier alpha value is -1.72. The van der Waals surface area contributed by atoms with Gasteiger partial charge in [0, 0.05) is 0 Å². The zero-order valence-corrected chi connectivity index (χ0v) is 7.76. The van der Waals surface area contributed by atoms with Crippen LogP contribution in [0.15, 0.2) is 18.2 Å². The van der Waals surface area contributed by atoms with Crippen molar-refractivity contribution in [3.63, 3.8) is 0 Å². The molecule has 0 aromatic heterocycles. The maximum atomic E-state index is 12.3. The molecular formula is C9H8F3NO2. The van der Waals surface area contributed by atoms with Crippen LogP contribution in [0.2, 0.25) is 0 Å². The fourth-order valence-corrected chi connectivity index (χ4v) is 1.08. The minimum atomic E-state index is -4.50. The van der Waals surface area contributed by atoms with Crippen molar-refractivity contribution >= 4 is 5.91 Å². The molecule has 1 aromatic carbocycles. The van der Waals surface area contributed by atoms with Gasteiger partial charge in [0.05, 0.1) is 18.2 Å². The van der Waals surface area contributed by atoms with Gasteiger partial charge < -0.3 is 10.5 Å². The fourth-order valence-electron chi connectivity index (χ4n) is 1.08. The third-order valence-electron chi connectivity index (χ3n) is 1.79. The smallest absolute Gasteiger partial charge is 0.416 e.